The van der Waals surface area contributed by atoms with Crippen LogP contribution in [0.2, 0.25) is 0 Å². The number of piperidine rings is 1. The summed E-state index contributed by atoms with van der Waals surface area (Å²) in [7, 11) is 4.38. The monoisotopic (exact) mass is 527 g/mol. The van der Waals surface area contributed by atoms with Gasteiger partial charge >= 0.3 is 0 Å². The lowest BCUT2D eigenvalue weighted by Crippen LogP contribution is -2.45. The molecule has 0 amide bonds. The molecular weight excluding hydrogens is 486 g/mol. The van der Waals surface area contributed by atoms with E-state index in [9.17, 15) is 0 Å². The van der Waals surface area contributed by atoms with E-state index in [-0.39, 0.29) is 0 Å². The van der Waals surface area contributed by atoms with Crippen molar-refractivity contribution in [3.63, 3.8) is 0 Å². The Balaban J connectivity index is 1.36. The SMILES string of the molecule is CN1C/C=C/CCOc2cccc(c2)-c2ccnc(n2)Nc2cc(cc(NCCN(C)C3CCCNC3)c2)C1. The molecule has 1 fully saturated rings. The van der Waals surface area contributed by atoms with E-state index in [1.54, 1.807) is 6.20 Å². The van der Waals surface area contributed by atoms with Gasteiger partial charge in [-0.1, -0.05) is 24.3 Å². The molecule has 1 unspecified atom stereocenters. The minimum absolute atomic E-state index is 0.573. The van der Waals surface area contributed by atoms with E-state index < -0.39 is 0 Å². The van der Waals surface area contributed by atoms with Crippen LogP contribution in [-0.2, 0) is 6.54 Å². The van der Waals surface area contributed by atoms with Gasteiger partial charge in [-0.15, -0.1) is 0 Å². The summed E-state index contributed by atoms with van der Waals surface area (Å²) in [6.45, 7) is 6.46. The molecule has 3 N–H and O–H groups in total. The predicted molar refractivity (Wildman–Crippen MR) is 160 cm³/mol. The summed E-state index contributed by atoms with van der Waals surface area (Å²) in [4.78, 5) is 14.1. The van der Waals surface area contributed by atoms with Gasteiger partial charge in [0, 0.05) is 61.9 Å². The van der Waals surface area contributed by atoms with Gasteiger partial charge in [0.1, 0.15) is 5.75 Å². The highest BCUT2D eigenvalue weighted by atomic mass is 16.5. The van der Waals surface area contributed by atoms with Crippen LogP contribution in [0.15, 0.2) is 66.9 Å². The van der Waals surface area contributed by atoms with Gasteiger partial charge in [0.2, 0.25) is 5.95 Å². The smallest absolute Gasteiger partial charge is 0.227 e. The summed E-state index contributed by atoms with van der Waals surface area (Å²) in [5, 5.41) is 10.6. The lowest BCUT2D eigenvalue weighted by atomic mass is 10.1. The van der Waals surface area contributed by atoms with Crippen molar-refractivity contribution in [2.45, 2.75) is 31.8 Å². The number of hydrogen-bond acceptors (Lipinski definition) is 8. The Morgan fingerprint density at radius 3 is 3.00 bits per heavy atom. The number of anilines is 3. The summed E-state index contributed by atoms with van der Waals surface area (Å²) in [5.74, 6) is 1.42. The third-order valence-corrected chi connectivity index (χ3v) is 7.31. The summed E-state index contributed by atoms with van der Waals surface area (Å²) in [6.07, 6.45) is 9.61. The molecule has 1 aromatic heterocycles. The van der Waals surface area contributed by atoms with Gasteiger partial charge in [-0.25, -0.2) is 9.97 Å². The van der Waals surface area contributed by atoms with Gasteiger partial charge < -0.3 is 25.6 Å². The maximum Gasteiger partial charge on any atom is 0.227 e. The molecule has 2 aliphatic rings. The van der Waals surface area contributed by atoms with E-state index in [1.165, 1.54) is 18.4 Å². The summed E-state index contributed by atoms with van der Waals surface area (Å²) in [5.41, 5.74) is 5.17. The topological polar surface area (TPSA) is 77.6 Å². The van der Waals surface area contributed by atoms with Crippen molar-refractivity contribution in [3.8, 4) is 17.0 Å². The van der Waals surface area contributed by atoms with Gasteiger partial charge in [0.25, 0.3) is 0 Å². The number of rotatable bonds is 5. The number of aromatic nitrogens is 2. The highest BCUT2D eigenvalue weighted by molar-refractivity contribution is 5.66. The Bertz CT molecular complexity index is 1240. The molecule has 1 saturated heterocycles. The molecule has 0 aliphatic carbocycles. The fourth-order valence-electron chi connectivity index (χ4n) is 5.17. The first-order valence-electron chi connectivity index (χ1n) is 14.1. The highest BCUT2D eigenvalue weighted by Crippen LogP contribution is 2.26. The zero-order chi connectivity index (χ0) is 26.9. The quantitative estimate of drug-likeness (QED) is 0.410. The third kappa shape index (κ3) is 8.02. The zero-order valence-corrected chi connectivity index (χ0v) is 23.2. The summed E-state index contributed by atoms with van der Waals surface area (Å²) in [6, 6.07) is 17.2. The molecule has 8 nitrogen and oxygen atoms in total. The second-order valence-corrected chi connectivity index (χ2v) is 10.5. The van der Waals surface area contributed by atoms with Crippen LogP contribution in [0.1, 0.15) is 24.8 Å². The van der Waals surface area contributed by atoms with E-state index in [1.807, 2.05) is 24.3 Å². The molecule has 2 aliphatic heterocycles. The second kappa shape index (κ2) is 13.6. The lowest BCUT2D eigenvalue weighted by molar-refractivity contribution is 0.210. The molecule has 206 valence electrons. The standard InChI is InChI=1S/C31H41N7O/c1-37-15-4-3-5-17-39-29-10-6-8-25(20-29)30-11-13-34-31(36-30)35-27-19-24(23-37)18-26(21-27)33-14-16-38(2)28-9-7-12-32-22-28/h3-4,6,8,10-11,13,18-21,28,32-33H,5,7,9,12,14-17,22-23H2,1-2H3,(H,34,35,36)/b4-3+. The van der Waals surface area contributed by atoms with Gasteiger partial charge in [0.15, 0.2) is 0 Å². The van der Waals surface area contributed by atoms with Crippen LogP contribution in [0, 0.1) is 0 Å². The van der Waals surface area contributed by atoms with Crippen molar-refractivity contribution in [2.24, 2.45) is 0 Å². The van der Waals surface area contributed by atoms with Crippen molar-refractivity contribution in [3.05, 3.63) is 72.4 Å². The van der Waals surface area contributed by atoms with Crippen LogP contribution < -0.4 is 20.7 Å². The minimum Gasteiger partial charge on any atom is -0.493 e. The molecule has 0 radical (unpaired) electrons. The molecule has 0 saturated carbocycles. The molecule has 5 rings (SSSR count). The van der Waals surface area contributed by atoms with Crippen LogP contribution in [-0.4, -0.2) is 79.2 Å². The van der Waals surface area contributed by atoms with Gasteiger partial charge in [-0.2, -0.15) is 0 Å². The van der Waals surface area contributed by atoms with Crippen LogP contribution in [0.25, 0.3) is 11.3 Å². The highest BCUT2D eigenvalue weighted by Gasteiger charge is 2.17. The van der Waals surface area contributed by atoms with E-state index >= 15 is 0 Å². The molecule has 2 aromatic carbocycles. The average Bonchev–Trinajstić information content (AvgIpc) is 2.95. The van der Waals surface area contributed by atoms with Crippen LogP contribution in [0.5, 0.6) is 5.75 Å². The molecule has 3 aromatic rings. The van der Waals surface area contributed by atoms with Crippen molar-refractivity contribution in [2.75, 3.05) is 64.1 Å². The summed E-state index contributed by atoms with van der Waals surface area (Å²) >= 11 is 0. The Morgan fingerprint density at radius 1 is 1.15 bits per heavy atom. The number of ether oxygens (including phenoxy) is 1. The zero-order valence-electron chi connectivity index (χ0n) is 23.2. The maximum absolute atomic E-state index is 5.98. The van der Waals surface area contributed by atoms with Gasteiger partial charge in [-0.05, 0) is 81.9 Å². The van der Waals surface area contributed by atoms with Crippen molar-refractivity contribution < 1.29 is 4.74 Å². The van der Waals surface area contributed by atoms with E-state index in [0.717, 1.165) is 74.1 Å². The number of likely N-dealkylation sites (N-methyl/N-ethyl adjacent to an activating group) is 2. The Hall–Kier alpha value is -3.46. The molecule has 1 atom stereocenters. The number of benzene rings is 2. The van der Waals surface area contributed by atoms with E-state index in [2.05, 4.69) is 81.2 Å². The van der Waals surface area contributed by atoms with Crippen molar-refractivity contribution in [1.82, 2.24) is 25.1 Å². The number of fused-ring (bicyclic) bond motifs is 7. The van der Waals surface area contributed by atoms with E-state index in [4.69, 9.17) is 9.72 Å². The summed E-state index contributed by atoms with van der Waals surface area (Å²) < 4.78 is 5.98. The number of hydrogen-bond donors (Lipinski definition) is 3. The van der Waals surface area contributed by atoms with E-state index in [0.29, 0.717) is 18.6 Å². The molecule has 6 bridgehead atoms. The first-order chi connectivity index (χ1) is 19.1. The molecule has 39 heavy (non-hydrogen) atoms. The molecule has 0 spiro atoms. The Morgan fingerprint density at radius 2 is 2.10 bits per heavy atom. The number of nitrogens with one attached hydrogen (secondary N) is 3. The maximum atomic E-state index is 5.98. The average molecular weight is 528 g/mol. The molecular formula is C31H41N7O. The van der Waals surface area contributed by atoms with Crippen LogP contribution in [0.3, 0.4) is 0 Å². The minimum atomic E-state index is 0.573. The van der Waals surface area contributed by atoms with Crippen LogP contribution in [0.4, 0.5) is 17.3 Å². The second-order valence-electron chi connectivity index (χ2n) is 10.5. The molecule has 3 heterocycles. The fourth-order valence-corrected chi connectivity index (χ4v) is 5.17. The fraction of sp³-hybridized carbons (Fsp3) is 0.419. The normalized spacial score (nSPS) is 19.3. The van der Waals surface area contributed by atoms with Gasteiger partial charge in [-0.3, -0.25) is 4.90 Å². The predicted octanol–water partition coefficient (Wildman–Crippen LogP) is 4.75. The van der Waals surface area contributed by atoms with Crippen molar-refractivity contribution >= 4 is 17.3 Å². The Labute approximate surface area is 232 Å². The first-order valence-corrected chi connectivity index (χ1v) is 14.1. The number of nitrogens with zero attached hydrogens (tertiary/aromatic N) is 4. The van der Waals surface area contributed by atoms with Crippen LogP contribution >= 0.6 is 0 Å². The first kappa shape index (κ1) is 27.1. The molecule has 8 heteroatoms. The Kier molecular flexibility index (Phi) is 9.43. The third-order valence-electron chi connectivity index (χ3n) is 7.31. The largest absolute Gasteiger partial charge is 0.493 e. The van der Waals surface area contributed by atoms with Gasteiger partial charge in [0.05, 0.1) is 12.3 Å². The van der Waals surface area contributed by atoms with Crippen molar-refractivity contribution in [1.29, 1.82) is 0 Å². The lowest BCUT2D eigenvalue weighted by Gasteiger charge is -2.31.